The number of nitrogens with zero attached hydrogens (tertiary/aromatic N) is 1. The Morgan fingerprint density at radius 3 is 2.62 bits per heavy atom. The molecule has 0 spiro atoms. The second-order valence-electron chi connectivity index (χ2n) is 12.3. The van der Waals surface area contributed by atoms with E-state index in [0.29, 0.717) is 56.1 Å². The maximum absolute atomic E-state index is 13.4. The highest BCUT2D eigenvalue weighted by molar-refractivity contribution is 5.90. The average molecular weight is 447 g/mol. The molecule has 0 amide bonds. The van der Waals surface area contributed by atoms with E-state index in [1.165, 1.54) is 0 Å². The van der Waals surface area contributed by atoms with Crippen LogP contribution in [0.5, 0.6) is 0 Å². The maximum atomic E-state index is 13.4. The fourth-order valence-corrected chi connectivity index (χ4v) is 9.03. The van der Waals surface area contributed by atoms with Crippen molar-refractivity contribution in [3.8, 4) is 0 Å². The van der Waals surface area contributed by atoms with E-state index in [2.05, 4.69) is 11.8 Å². The van der Waals surface area contributed by atoms with Gasteiger partial charge in [0.05, 0.1) is 25.4 Å². The number of morpholine rings is 1. The third-order valence-electron chi connectivity index (χ3n) is 10.6. The molecule has 5 fully saturated rings. The monoisotopic (exact) mass is 446 g/mol. The SMILES string of the molecule is C[C@@]1(O)CC[C@]2(CO)C3C(=N)C[C@]4(C)[C@@H](C(=O)CN5CCOCC5)CC[C@H]4[C@@H]3CC[C@H]2C1. The Kier molecular flexibility index (Phi) is 5.84. The normalized spacial score (nSPS) is 49.2. The molecular weight excluding hydrogens is 404 g/mol. The molecule has 4 saturated carbocycles. The Labute approximate surface area is 192 Å². The molecule has 5 aliphatic rings. The fourth-order valence-electron chi connectivity index (χ4n) is 9.03. The van der Waals surface area contributed by atoms with Gasteiger partial charge in [-0.05, 0) is 81.5 Å². The molecule has 0 aromatic carbocycles. The highest BCUT2D eigenvalue weighted by atomic mass is 16.5. The van der Waals surface area contributed by atoms with Crippen LogP contribution in [0.3, 0.4) is 0 Å². The van der Waals surface area contributed by atoms with Gasteiger partial charge < -0.3 is 20.4 Å². The molecule has 0 aromatic rings. The smallest absolute Gasteiger partial charge is 0.150 e. The number of hydrogen-bond acceptors (Lipinski definition) is 6. The van der Waals surface area contributed by atoms with Gasteiger partial charge in [-0.1, -0.05) is 6.92 Å². The molecule has 4 aliphatic carbocycles. The van der Waals surface area contributed by atoms with Gasteiger partial charge in [-0.3, -0.25) is 9.69 Å². The Morgan fingerprint density at radius 1 is 1.16 bits per heavy atom. The Balaban J connectivity index is 1.38. The number of rotatable bonds is 4. The first-order valence-corrected chi connectivity index (χ1v) is 12.9. The number of Topliss-reactive ketones (excluding diaryl/α,β-unsaturated/α-hetero) is 1. The van der Waals surface area contributed by atoms with Gasteiger partial charge in [0.2, 0.25) is 0 Å². The third kappa shape index (κ3) is 3.52. The van der Waals surface area contributed by atoms with E-state index in [1.807, 2.05) is 6.92 Å². The van der Waals surface area contributed by atoms with Crippen molar-refractivity contribution in [2.45, 2.75) is 70.8 Å². The summed E-state index contributed by atoms with van der Waals surface area (Å²) in [4.78, 5) is 15.7. The summed E-state index contributed by atoms with van der Waals surface area (Å²) in [5.41, 5.74) is -0.239. The Morgan fingerprint density at radius 2 is 1.91 bits per heavy atom. The summed E-state index contributed by atoms with van der Waals surface area (Å²) in [6.45, 7) is 7.97. The number of carbonyl (C=O) groups is 1. The van der Waals surface area contributed by atoms with Gasteiger partial charge >= 0.3 is 0 Å². The number of hydrogen-bond donors (Lipinski definition) is 3. The third-order valence-corrected chi connectivity index (χ3v) is 10.6. The second-order valence-corrected chi connectivity index (χ2v) is 12.3. The number of aliphatic hydroxyl groups is 2. The van der Waals surface area contributed by atoms with Crippen molar-refractivity contribution in [3.63, 3.8) is 0 Å². The number of ether oxygens (including phenoxy) is 1. The predicted molar refractivity (Wildman–Crippen MR) is 123 cm³/mol. The molecule has 0 bridgehead atoms. The lowest BCUT2D eigenvalue weighted by molar-refractivity contribution is -0.144. The van der Waals surface area contributed by atoms with Crippen molar-refractivity contribution < 1.29 is 19.7 Å². The lowest BCUT2D eigenvalue weighted by Gasteiger charge is -2.62. The molecule has 1 heterocycles. The van der Waals surface area contributed by atoms with Gasteiger partial charge in [-0.25, -0.2) is 0 Å². The van der Waals surface area contributed by atoms with E-state index < -0.39 is 5.60 Å². The van der Waals surface area contributed by atoms with Gasteiger partial charge in [-0.15, -0.1) is 0 Å². The van der Waals surface area contributed by atoms with Gasteiger partial charge in [-0.2, -0.15) is 0 Å². The molecule has 1 aliphatic heterocycles. The minimum Gasteiger partial charge on any atom is -0.396 e. The van der Waals surface area contributed by atoms with Gasteiger partial charge in [0.1, 0.15) is 5.78 Å². The molecule has 1 saturated heterocycles. The topological polar surface area (TPSA) is 93.8 Å². The van der Waals surface area contributed by atoms with E-state index >= 15 is 0 Å². The molecule has 6 nitrogen and oxygen atoms in total. The quantitative estimate of drug-likeness (QED) is 0.617. The van der Waals surface area contributed by atoms with Crippen molar-refractivity contribution in [3.05, 3.63) is 0 Å². The summed E-state index contributed by atoms with van der Waals surface area (Å²) in [5, 5.41) is 30.6. The van der Waals surface area contributed by atoms with Crippen molar-refractivity contribution in [2.24, 2.45) is 40.4 Å². The van der Waals surface area contributed by atoms with Crippen LogP contribution >= 0.6 is 0 Å². The standard InChI is InChI=1S/C26H42N2O4/c1-24(31)7-8-26(16-29)17(13-24)3-4-18-19-5-6-20(25(19,2)14-21(27)23(18)26)22(30)15-28-9-11-32-12-10-28/h17-20,23,27,29,31H,3-16H2,1-2H3/t17-,18-,19-,20+,23?,24+,25-,26+/m0/s1. The predicted octanol–water partition coefficient (Wildman–Crippen LogP) is 2.90. The molecule has 1 unspecified atom stereocenters. The molecule has 6 heteroatoms. The van der Waals surface area contributed by atoms with Crippen LogP contribution in [-0.4, -0.2) is 71.7 Å². The zero-order valence-electron chi connectivity index (χ0n) is 19.9. The van der Waals surface area contributed by atoms with E-state index in [4.69, 9.17) is 4.74 Å². The highest BCUT2D eigenvalue weighted by Crippen LogP contribution is 2.67. The molecule has 3 N–H and O–H groups in total. The number of ketones is 1. The van der Waals surface area contributed by atoms with Crippen molar-refractivity contribution >= 4 is 11.5 Å². The zero-order chi connectivity index (χ0) is 22.7. The van der Waals surface area contributed by atoms with Crippen LogP contribution < -0.4 is 0 Å². The maximum Gasteiger partial charge on any atom is 0.150 e. The number of nitrogens with one attached hydrogen (secondary N) is 1. The van der Waals surface area contributed by atoms with E-state index in [0.717, 1.165) is 57.3 Å². The molecule has 180 valence electrons. The first-order valence-electron chi connectivity index (χ1n) is 12.9. The van der Waals surface area contributed by atoms with Crippen LogP contribution in [0.25, 0.3) is 0 Å². The first kappa shape index (κ1) is 22.9. The zero-order valence-corrected chi connectivity index (χ0v) is 19.9. The van der Waals surface area contributed by atoms with E-state index in [-0.39, 0.29) is 29.3 Å². The highest BCUT2D eigenvalue weighted by Gasteiger charge is 2.64. The van der Waals surface area contributed by atoms with Crippen molar-refractivity contribution in [1.82, 2.24) is 4.90 Å². The van der Waals surface area contributed by atoms with Gasteiger partial charge in [0.25, 0.3) is 0 Å². The molecule has 32 heavy (non-hydrogen) atoms. The molecular formula is C26H42N2O4. The van der Waals surface area contributed by atoms with Crippen LogP contribution in [0.4, 0.5) is 0 Å². The van der Waals surface area contributed by atoms with Crippen molar-refractivity contribution in [2.75, 3.05) is 39.5 Å². The summed E-state index contributed by atoms with van der Waals surface area (Å²) in [6.07, 6.45) is 7.09. The fraction of sp³-hybridized carbons (Fsp3) is 0.923. The van der Waals surface area contributed by atoms with Crippen LogP contribution in [0.15, 0.2) is 0 Å². The van der Waals surface area contributed by atoms with Crippen LogP contribution in [0.2, 0.25) is 0 Å². The number of fused-ring (bicyclic) bond motifs is 5. The number of aliphatic hydroxyl groups excluding tert-OH is 1. The van der Waals surface area contributed by atoms with E-state index in [9.17, 15) is 20.4 Å². The van der Waals surface area contributed by atoms with Crippen LogP contribution in [-0.2, 0) is 9.53 Å². The molecule has 0 radical (unpaired) electrons. The lowest BCUT2D eigenvalue weighted by atomic mass is 9.43. The molecule has 5 rings (SSSR count). The minimum absolute atomic E-state index is 0.0477. The molecule has 8 atom stereocenters. The average Bonchev–Trinajstić information content (AvgIpc) is 3.10. The van der Waals surface area contributed by atoms with E-state index in [1.54, 1.807) is 0 Å². The lowest BCUT2D eigenvalue weighted by Crippen LogP contribution is -2.61. The Bertz CT molecular complexity index is 763. The van der Waals surface area contributed by atoms with Crippen molar-refractivity contribution in [1.29, 1.82) is 5.41 Å². The summed E-state index contributed by atoms with van der Waals surface area (Å²) < 4.78 is 5.44. The van der Waals surface area contributed by atoms with Crippen LogP contribution in [0, 0.1) is 45.8 Å². The van der Waals surface area contributed by atoms with Gasteiger partial charge in [0, 0.05) is 42.7 Å². The van der Waals surface area contributed by atoms with Gasteiger partial charge in [0.15, 0.2) is 0 Å². The molecule has 0 aromatic heterocycles. The summed E-state index contributed by atoms with van der Waals surface area (Å²) in [6, 6.07) is 0. The summed E-state index contributed by atoms with van der Waals surface area (Å²) in [5.74, 6) is 1.69. The minimum atomic E-state index is -0.647. The largest absolute Gasteiger partial charge is 0.396 e. The van der Waals surface area contributed by atoms with Crippen LogP contribution in [0.1, 0.15) is 65.2 Å². The summed E-state index contributed by atoms with van der Waals surface area (Å²) in [7, 11) is 0. The summed E-state index contributed by atoms with van der Waals surface area (Å²) >= 11 is 0. The second kappa shape index (κ2) is 8.14. The Hall–Kier alpha value is -0.820. The first-order chi connectivity index (χ1) is 15.2. The number of carbonyl (C=O) groups excluding carboxylic acids is 1.